The van der Waals surface area contributed by atoms with Gasteiger partial charge in [-0.3, -0.25) is 0 Å². The monoisotopic (exact) mass is 533 g/mol. The molecule has 1 aliphatic heterocycles. The number of likely N-dealkylation sites (tertiary alicyclic amines) is 1. The lowest BCUT2D eigenvalue weighted by Gasteiger charge is -2.42. The molecular weight excluding hydrogens is 492 g/mol. The van der Waals surface area contributed by atoms with E-state index in [1.807, 2.05) is 36.4 Å². The molecule has 1 aliphatic rings. The van der Waals surface area contributed by atoms with Gasteiger partial charge in [0.05, 0.1) is 11.2 Å². The first-order valence-electron chi connectivity index (χ1n) is 13.7. The van der Waals surface area contributed by atoms with Gasteiger partial charge in [-0.15, -0.1) is 0 Å². The molecule has 1 saturated heterocycles. The summed E-state index contributed by atoms with van der Waals surface area (Å²) < 4.78 is 0. The minimum atomic E-state index is -1.75. The molecule has 1 unspecified atom stereocenters. The summed E-state index contributed by atoms with van der Waals surface area (Å²) in [4.78, 5) is 10.7. The Morgan fingerprint density at radius 2 is 1.31 bits per heavy atom. The molecular formula is C32H41N2O5-. The highest BCUT2D eigenvalue weighted by Crippen LogP contribution is 2.42. The molecule has 4 rings (SSSR count). The van der Waals surface area contributed by atoms with Gasteiger partial charge < -0.3 is 30.4 Å². The number of aliphatic hydroxyl groups excluding tert-OH is 1. The van der Waals surface area contributed by atoms with Crippen LogP contribution in [0.5, 0.6) is 0 Å². The maximum absolute atomic E-state index is 12.1. The molecule has 0 radical (unpaired) electrons. The highest BCUT2D eigenvalue weighted by Gasteiger charge is 2.41. The topological polar surface area (TPSA) is 110 Å². The lowest BCUT2D eigenvalue weighted by atomic mass is 9.72. The molecule has 1 fully saturated rings. The van der Waals surface area contributed by atoms with Crippen LogP contribution in [0.1, 0.15) is 74.8 Å². The normalized spacial score (nSPS) is 15.7. The first kappa shape index (κ1) is 30.3. The maximum atomic E-state index is 12.1. The van der Waals surface area contributed by atoms with Crippen molar-refractivity contribution < 1.29 is 15.3 Å². The molecule has 3 aromatic rings. The van der Waals surface area contributed by atoms with Crippen LogP contribution < -0.4 is 0 Å². The fourth-order valence-electron chi connectivity index (χ4n) is 5.48. The number of hydrogen-bond donors (Lipinski definition) is 2. The van der Waals surface area contributed by atoms with Gasteiger partial charge in [-0.1, -0.05) is 106 Å². The van der Waals surface area contributed by atoms with Crippen LogP contribution >= 0.6 is 0 Å². The van der Waals surface area contributed by atoms with Gasteiger partial charge in [0.2, 0.25) is 0 Å². The van der Waals surface area contributed by atoms with Crippen LogP contribution in [0.3, 0.4) is 0 Å². The van der Waals surface area contributed by atoms with Crippen LogP contribution in [0.4, 0.5) is 0 Å². The van der Waals surface area contributed by atoms with Crippen LogP contribution in [0.2, 0.25) is 0 Å². The third kappa shape index (κ3) is 8.36. The average molecular weight is 534 g/mol. The van der Waals surface area contributed by atoms with E-state index in [0.29, 0.717) is 0 Å². The van der Waals surface area contributed by atoms with Gasteiger partial charge in [0, 0.05) is 0 Å². The minimum absolute atomic E-state index is 0.128. The van der Waals surface area contributed by atoms with Gasteiger partial charge in [-0.25, -0.2) is 0 Å². The van der Waals surface area contributed by atoms with Crippen molar-refractivity contribution in [2.24, 2.45) is 5.92 Å². The van der Waals surface area contributed by atoms with E-state index in [0.717, 1.165) is 62.0 Å². The van der Waals surface area contributed by atoms with E-state index < -0.39 is 16.8 Å². The Balaban J connectivity index is 0.000000983. The van der Waals surface area contributed by atoms with Crippen molar-refractivity contribution in [3.8, 4) is 0 Å². The van der Waals surface area contributed by atoms with E-state index in [1.165, 1.54) is 5.56 Å². The molecule has 0 spiro atoms. The largest absolute Gasteiger partial charge is 0.388 e. The van der Waals surface area contributed by atoms with E-state index in [4.69, 9.17) is 15.3 Å². The fourth-order valence-corrected chi connectivity index (χ4v) is 5.48. The zero-order valence-corrected chi connectivity index (χ0v) is 23.2. The van der Waals surface area contributed by atoms with Crippen molar-refractivity contribution in [2.75, 3.05) is 19.6 Å². The van der Waals surface area contributed by atoms with Crippen molar-refractivity contribution in [1.29, 1.82) is 0 Å². The summed E-state index contributed by atoms with van der Waals surface area (Å²) in [5.41, 5.74) is 3.41. The van der Waals surface area contributed by atoms with Crippen LogP contribution in [0.25, 0.3) is 0 Å². The minimum Gasteiger partial charge on any atom is -0.388 e. The number of aliphatic hydroxyl groups is 2. The van der Waals surface area contributed by atoms with Crippen LogP contribution in [-0.2, 0) is 11.0 Å². The van der Waals surface area contributed by atoms with Crippen LogP contribution in [-0.4, -0.2) is 39.8 Å². The summed E-state index contributed by atoms with van der Waals surface area (Å²) >= 11 is 0. The molecule has 0 bridgehead atoms. The smallest absolute Gasteiger partial charge is 0.117 e. The van der Waals surface area contributed by atoms with Crippen molar-refractivity contribution in [1.82, 2.24) is 4.90 Å². The third-order valence-electron chi connectivity index (χ3n) is 7.72. The molecule has 39 heavy (non-hydrogen) atoms. The number of hydrogen-bond acceptors (Lipinski definition) is 6. The third-order valence-corrected chi connectivity index (χ3v) is 7.72. The molecule has 7 nitrogen and oxygen atoms in total. The predicted molar refractivity (Wildman–Crippen MR) is 155 cm³/mol. The van der Waals surface area contributed by atoms with Gasteiger partial charge in [-0.05, 0) is 78.9 Å². The second-order valence-corrected chi connectivity index (χ2v) is 11.4. The Bertz CT molecular complexity index is 1100. The Kier molecular flexibility index (Phi) is 10.6. The van der Waals surface area contributed by atoms with Gasteiger partial charge >= 0.3 is 0 Å². The lowest BCUT2D eigenvalue weighted by molar-refractivity contribution is -0.402. The van der Waals surface area contributed by atoms with Crippen molar-refractivity contribution in [2.45, 2.75) is 63.6 Å². The molecule has 0 amide bonds. The Morgan fingerprint density at radius 3 is 1.74 bits per heavy atom. The predicted octanol–water partition coefficient (Wildman–Crippen LogP) is 6.21. The number of nitrogens with zero attached hydrogens (tertiary/aromatic N) is 2. The second-order valence-electron chi connectivity index (χ2n) is 11.4. The SMILES string of the molecule is CC(C)(C)c1ccc(C(O)CCCN2CCC(C(O)(c3ccccc3)c3ccccc3)CC2)cc1.O=[N+]([O-])[O-]. The Hall–Kier alpha value is -3.26. The molecule has 0 aliphatic carbocycles. The maximum Gasteiger partial charge on any atom is 0.117 e. The van der Waals surface area contributed by atoms with E-state index >= 15 is 0 Å². The summed E-state index contributed by atoms with van der Waals surface area (Å²) in [7, 11) is 0. The Morgan fingerprint density at radius 1 is 0.846 bits per heavy atom. The molecule has 1 heterocycles. The number of benzene rings is 3. The van der Waals surface area contributed by atoms with Gasteiger partial charge in [0.1, 0.15) is 5.60 Å². The van der Waals surface area contributed by atoms with E-state index in [1.54, 1.807) is 0 Å². The molecule has 2 N–H and O–H groups in total. The molecule has 3 aromatic carbocycles. The zero-order valence-electron chi connectivity index (χ0n) is 23.2. The van der Waals surface area contributed by atoms with Gasteiger partial charge in [0.15, 0.2) is 0 Å². The van der Waals surface area contributed by atoms with E-state index in [-0.39, 0.29) is 11.3 Å². The van der Waals surface area contributed by atoms with Crippen LogP contribution in [0.15, 0.2) is 84.9 Å². The second kappa shape index (κ2) is 13.7. The highest BCUT2D eigenvalue weighted by molar-refractivity contribution is 5.37. The summed E-state index contributed by atoms with van der Waals surface area (Å²) in [5, 5.41) is 37.5. The molecule has 0 saturated carbocycles. The standard InChI is InChI=1S/C32H41NO2.NO3/c1-31(2,3)26-18-16-25(17-19-26)30(34)15-10-22-33-23-20-29(21-24-33)32(35,27-11-6-4-7-12-27)28-13-8-5-9-14-28;2-1(3)4/h4-9,11-14,16-19,29-30,34-35H,10,15,20-24H2,1-3H3;/q;-1. The van der Waals surface area contributed by atoms with Gasteiger partial charge in [0.25, 0.3) is 0 Å². The first-order valence-corrected chi connectivity index (χ1v) is 13.7. The van der Waals surface area contributed by atoms with Crippen molar-refractivity contribution in [3.63, 3.8) is 0 Å². The van der Waals surface area contributed by atoms with Crippen LogP contribution in [0, 0.1) is 21.2 Å². The summed E-state index contributed by atoms with van der Waals surface area (Å²) in [6, 6.07) is 28.7. The average Bonchev–Trinajstić information content (AvgIpc) is 2.93. The molecule has 7 heteroatoms. The molecule has 0 aromatic heterocycles. The fraction of sp³-hybridized carbons (Fsp3) is 0.438. The highest BCUT2D eigenvalue weighted by atomic mass is 16.9. The summed E-state index contributed by atoms with van der Waals surface area (Å²) in [5.74, 6) is 0.176. The molecule has 1 atom stereocenters. The van der Waals surface area contributed by atoms with Crippen molar-refractivity contribution >= 4 is 0 Å². The summed E-state index contributed by atoms with van der Waals surface area (Å²) in [6.07, 6.45) is 3.23. The van der Waals surface area contributed by atoms with E-state index in [9.17, 15) is 10.2 Å². The van der Waals surface area contributed by atoms with Gasteiger partial charge in [-0.2, -0.15) is 0 Å². The Labute approximate surface area is 231 Å². The summed E-state index contributed by atoms with van der Waals surface area (Å²) in [6.45, 7) is 9.57. The number of piperidine rings is 1. The molecule has 210 valence electrons. The van der Waals surface area contributed by atoms with Crippen molar-refractivity contribution in [3.05, 3.63) is 123 Å². The first-order chi connectivity index (χ1) is 18.5. The van der Waals surface area contributed by atoms with E-state index in [2.05, 4.69) is 74.2 Å². The number of rotatable bonds is 8. The zero-order chi connectivity index (χ0) is 28.5. The quantitative estimate of drug-likeness (QED) is 0.263. The lowest BCUT2D eigenvalue weighted by Crippen LogP contribution is -2.44.